The summed E-state index contributed by atoms with van der Waals surface area (Å²) in [5, 5.41) is 8.64. The van der Waals surface area contributed by atoms with E-state index in [2.05, 4.69) is 4.74 Å². The number of hydrogen-bond donors (Lipinski definition) is 1. The molecule has 2 aliphatic carbocycles. The first-order valence-electron chi connectivity index (χ1n) is 7.83. The van der Waals surface area contributed by atoms with E-state index in [0.29, 0.717) is 18.8 Å². The van der Waals surface area contributed by atoms with Crippen LogP contribution in [-0.4, -0.2) is 36.3 Å². The molecule has 0 aromatic rings. The number of aliphatic hydroxyl groups excluding tert-OH is 1. The number of fused-ring (bicyclic) bond motifs is 2. The Kier molecular flexibility index (Phi) is 4.99. The Bertz CT molecular complexity index is 403. The van der Waals surface area contributed by atoms with E-state index in [1.165, 1.54) is 0 Å². The van der Waals surface area contributed by atoms with Crippen LogP contribution in [0.2, 0.25) is 0 Å². The average molecular weight is 348 g/mol. The lowest BCUT2D eigenvalue weighted by molar-refractivity contribution is -0.387. The van der Waals surface area contributed by atoms with Crippen LogP contribution >= 0.6 is 0 Å². The predicted molar refractivity (Wildman–Crippen MR) is 70.5 cm³/mol. The largest absolute Gasteiger partial charge is 0.426 e. The first kappa shape index (κ1) is 18.8. The Morgan fingerprint density at radius 1 is 0.957 bits per heavy atom. The highest BCUT2D eigenvalue weighted by Gasteiger charge is 2.73. The third kappa shape index (κ3) is 3.08. The monoisotopic (exact) mass is 348 g/mol. The average Bonchev–Trinajstić information content (AvgIpc) is 2.92. The van der Waals surface area contributed by atoms with Gasteiger partial charge in [-0.25, -0.2) is 0 Å². The molecule has 5 atom stereocenters. The van der Waals surface area contributed by atoms with Crippen LogP contribution in [0.5, 0.6) is 0 Å². The van der Waals surface area contributed by atoms with Gasteiger partial charge in [0.2, 0.25) is 0 Å². The number of ether oxygens (including phenoxy) is 1. The zero-order valence-corrected chi connectivity index (χ0v) is 13.0. The molecular weight excluding hydrogens is 326 g/mol. The van der Waals surface area contributed by atoms with Crippen LogP contribution in [0.1, 0.15) is 33.1 Å². The molecule has 8 heteroatoms. The van der Waals surface area contributed by atoms with Gasteiger partial charge in [0.15, 0.2) is 0 Å². The number of halogens is 6. The predicted octanol–water partition coefficient (Wildman–Crippen LogP) is 4.18. The maximum Gasteiger partial charge on any atom is 0.426 e. The Hall–Kier alpha value is -0.500. The molecule has 0 amide bonds. The van der Waals surface area contributed by atoms with Gasteiger partial charge in [-0.3, -0.25) is 0 Å². The molecule has 2 bridgehead atoms. The molecule has 5 unspecified atom stereocenters. The number of rotatable bonds is 5. The lowest BCUT2D eigenvalue weighted by Gasteiger charge is -2.41. The van der Waals surface area contributed by atoms with Crippen molar-refractivity contribution >= 4 is 0 Å². The maximum absolute atomic E-state index is 13.3. The van der Waals surface area contributed by atoms with Crippen molar-refractivity contribution in [2.24, 2.45) is 29.6 Å². The molecule has 2 aliphatic rings. The van der Waals surface area contributed by atoms with E-state index >= 15 is 0 Å². The molecule has 0 radical (unpaired) electrons. The molecule has 0 heterocycles. The fourth-order valence-corrected chi connectivity index (χ4v) is 4.53. The van der Waals surface area contributed by atoms with E-state index in [9.17, 15) is 26.3 Å². The van der Waals surface area contributed by atoms with Crippen LogP contribution in [0.3, 0.4) is 0 Å². The summed E-state index contributed by atoms with van der Waals surface area (Å²) < 4.78 is 84.3. The van der Waals surface area contributed by atoms with Crippen LogP contribution in [0.25, 0.3) is 0 Å². The molecule has 0 aromatic carbocycles. The first-order valence-corrected chi connectivity index (χ1v) is 7.83. The van der Waals surface area contributed by atoms with Gasteiger partial charge in [-0.1, -0.05) is 13.8 Å². The summed E-state index contributed by atoms with van der Waals surface area (Å²) in [6, 6.07) is 0. The molecule has 2 nitrogen and oxygen atoms in total. The first-order chi connectivity index (χ1) is 10.4. The molecular formula is C15H22F6O2. The van der Waals surface area contributed by atoms with Crippen LogP contribution in [0.15, 0.2) is 0 Å². The van der Waals surface area contributed by atoms with Crippen molar-refractivity contribution in [3.8, 4) is 0 Å². The van der Waals surface area contributed by atoms with Crippen LogP contribution in [0, 0.1) is 29.6 Å². The number of aliphatic hydroxyl groups is 1. The third-order valence-electron chi connectivity index (χ3n) is 5.94. The Morgan fingerprint density at radius 3 is 1.91 bits per heavy atom. The standard InChI is InChI=1S/C15H22F6O2/c1-8-9(2)12-6-10(8)5-11(12)7-13(14(16,17)18,15(19,20)21)23-4-3-22/h8-12,22H,3-7H2,1-2H3. The Balaban J connectivity index is 2.28. The quantitative estimate of drug-likeness (QED) is 0.756. The van der Waals surface area contributed by atoms with E-state index in [1.54, 1.807) is 0 Å². The SMILES string of the molecule is CC1C2CC(CC(OCCO)(C(F)(F)F)C(F)(F)F)C(C2)C1C. The molecule has 23 heavy (non-hydrogen) atoms. The van der Waals surface area contributed by atoms with Crippen LogP contribution < -0.4 is 0 Å². The van der Waals surface area contributed by atoms with Crippen molar-refractivity contribution in [2.45, 2.75) is 51.1 Å². The highest BCUT2D eigenvalue weighted by molar-refractivity contribution is 5.04. The number of hydrogen-bond acceptors (Lipinski definition) is 2. The summed E-state index contributed by atoms with van der Waals surface area (Å²) in [5.41, 5.74) is -4.19. The molecule has 0 aliphatic heterocycles. The highest BCUT2D eigenvalue weighted by atomic mass is 19.4. The van der Waals surface area contributed by atoms with Crippen molar-refractivity contribution in [2.75, 3.05) is 13.2 Å². The summed E-state index contributed by atoms with van der Waals surface area (Å²) in [6.45, 7) is 2.03. The van der Waals surface area contributed by atoms with Gasteiger partial charge in [0.25, 0.3) is 5.60 Å². The van der Waals surface area contributed by atoms with Crippen molar-refractivity contribution in [3.63, 3.8) is 0 Å². The maximum atomic E-state index is 13.3. The van der Waals surface area contributed by atoms with Gasteiger partial charge in [-0.05, 0) is 48.9 Å². The van der Waals surface area contributed by atoms with E-state index < -0.39 is 43.5 Å². The van der Waals surface area contributed by atoms with Crippen molar-refractivity contribution in [3.05, 3.63) is 0 Å². The van der Waals surface area contributed by atoms with Crippen molar-refractivity contribution < 1.29 is 36.2 Å². The molecule has 136 valence electrons. The van der Waals surface area contributed by atoms with Gasteiger partial charge in [0.05, 0.1) is 13.2 Å². The van der Waals surface area contributed by atoms with Gasteiger partial charge in [0, 0.05) is 0 Å². The lowest BCUT2D eigenvalue weighted by Crippen LogP contribution is -2.60. The molecule has 0 spiro atoms. The normalized spacial score (nSPS) is 35.1. The van der Waals surface area contributed by atoms with Gasteiger partial charge in [-0.2, -0.15) is 26.3 Å². The van der Waals surface area contributed by atoms with E-state index in [0.717, 1.165) is 0 Å². The smallest absolute Gasteiger partial charge is 0.394 e. The lowest BCUT2D eigenvalue weighted by atomic mass is 9.71. The van der Waals surface area contributed by atoms with E-state index in [4.69, 9.17) is 5.11 Å². The fraction of sp³-hybridized carbons (Fsp3) is 1.00. The Morgan fingerprint density at radius 2 is 1.52 bits per heavy atom. The van der Waals surface area contributed by atoms with Crippen molar-refractivity contribution in [1.29, 1.82) is 0 Å². The third-order valence-corrected chi connectivity index (χ3v) is 5.94. The van der Waals surface area contributed by atoms with Crippen LogP contribution in [0.4, 0.5) is 26.3 Å². The summed E-state index contributed by atoms with van der Waals surface area (Å²) in [4.78, 5) is 0. The topological polar surface area (TPSA) is 29.5 Å². The van der Waals surface area contributed by atoms with Gasteiger partial charge >= 0.3 is 12.4 Å². The Labute approximate surface area is 131 Å². The second-order valence-corrected chi connectivity index (χ2v) is 6.97. The summed E-state index contributed by atoms with van der Waals surface area (Å²) in [5.74, 6) is -0.140. The summed E-state index contributed by atoms with van der Waals surface area (Å²) in [7, 11) is 0. The molecule has 2 saturated carbocycles. The zero-order chi connectivity index (χ0) is 17.6. The van der Waals surface area contributed by atoms with Crippen molar-refractivity contribution in [1.82, 2.24) is 0 Å². The second-order valence-electron chi connectivity index (χ2n) is 6.97. The zero-order valence-electron chi connectivity index (χ0n) is 13.0. The molecule has 0 saturated heterocycles. The second kappa shape index (κ2) is 6.10. The minimum Gasteiger partial charge on any atom is -0.394 e. The van der Waals surface area contributed by atoms with E-state index in [1.807, 2.05) is 13.8 Å². The van der Waals surface area contributed by atoms with Gasteiger partial charge in [-0.15, -0.1) is 0 Å². The highest BCUT2D eigenvalue weighted by Crippen LogP contribution is 2.60. The summed E-state index contributed by atoms with van der Waals surface area (Å²) >= 11 is 0. The molecule has 0 aromatic heterocycles. The minimum atomic E-state index is -5.57. The van der Waals surface area contributed by atoms with Gasteiger partial charge < -0.3 is 9.84 Å². The minimum absolute atomic E-state index is 0.121. The molecule has 1 N–H and O–H groups in total. The van der Waals surface area contributed by atoms with Crippen LogP contribution in [-0.2, 0) is 4.74 Å². The number of alkyl halides is 6. The fourth-order valence-electron chi connectivity index (χ4n) is 4.53. The van der Waals surface area contributed by atoms with E-state index in [-0.39, 0.29) is 17.8 Å². The molecule has 2 rings (SSSR count). The van der Waals surface area contributed by atoms with Gasteiger partial charge in [0.1, 0.15) is 0 Å². The summed E-state index contributed by atoms with van der Waals surface area (Å²) in [6.07, 6.45) is -11.2. The molecule has 2 fully saturated rings.